The number of anilines is 1. The van der Waals surface area contributed by atoms with Gasteiger partial charge in [-0.15, -0.1) is 0 Å². The lowest BCUT2D eigenvalue weighted by atomic mass is 9.77. The summed E-state index contributed by atoms with van der Waals surface area (Å²) in [5.41, 5.74) is 8.50. The van der Waals surface area contributed by atoms with E-state index in [2.05, 4.69) is 31.7 Å². The van der Waals surface area contributed by atoms with Gasteiger partial charge in [-0.3, -0.25) is 4.90 Å². The van der Waals surface area contributed by atoms with Gasteiger partial charge in [-0.25, -0.2) is 0 Å². The summed E-state index contributed by atoms with van der Waals surface area (Å²) < 4.78 is 0. The van der Waals surface area contributed by atoms with E-state index in [9.17, 15) is 0 Å². The van der Waals surface area contributed by atoms with E-state index < -0.39 is 0 Å². The molecule has 1 unspecified atom stereocenters. The second-order valence-corrected chi connectivity index (χ2v) is 7.55. The summed E-state index contributed by atoms with van der Waals surface area (Å²) in [6.45, 7) is 10.4. The number of nitrogen functional groups attached to an aromatic ring is 1. The lowest BCUT2D eigenvalue weighted by Crippen LogP contribution is -2.26. The average molecular weight is 295 g/mol. The summed E-state index contributed by atoms with van der Waals surface area (Å²) in [6.07, 6.45) is 3.92. The van der Waals surface area contributed by atoms with Gasteiger partial charge in [0.2, 0.25) is 0 Å². The third kappa shape index (κ3) is 4.13. The smallest absolute Gasteiger partial charge is 0.0426 e. The van der Waals surface area contributed by atoms with Gasteiger partial charge in [0.25, 0.3) is 0 Å². The molecule has 0 spiro atoms. The molecule has 1 aliphatic heterocycles. The predicted molar refractivity (Wildman–Crippen MR) is 87.9 cm³/mol. The van der Waals surface area contributed by atoms with Gasteiger partial charge in [0.05, 0.1) is 0 Å². The molecule has 1 aromatic carbocycles. The van der Waals surface area contributed by atoms with Crippen LogP contribution in [-0.4, -0.2) is 18.0 Å². The van der Waals surface area contributed by atoms with E-state index in [0.29, 0.717) is 5.41 Å². The van der Waals surface area contributed by atoms with Gasteiger partial charge in [-0.05, 0) is 61.4 Å². The molecule has 1 fully saturated rings. The number of rotatable bonds is 2. The third-order valence-corrected chi connectivity index (χ3v) is 4.78. The Kier molecular flexibility index (Phi) is 4.98. The van der Waals surface area contributed by atoms with Crippen molar-refractivity contribution in [2.24, 2.45) is 11.3 Å². The Hall–Kier alpha value is -0.730. The molecule has 2 rings (SSSR count). The monoisotopic (exact) mass is 294 g/mol. The molecule has 20 heavy (non-hydrogen) atoms. The van der Waals surface area contributed by atoms with Crippen LogP contribution in [0.5, 0.6) is 0 Å². The Bertz CT molecular complexity index is 451. The van der Waals surface area contributed by atoms with Crippen molar-refractivity contribution in [2.45, 2.75) is 46.6 Å². The second-order valence-electron chi connectivity index (χ2n) is 7.11. The van der Waals surface area contributed by atoms with Crippen LogP contribution in [-0.2, 0) is 6.54 Å². The zero-order chi connectivity index (χ0) is 14.8. The summed E-state index contributed by atoms with van der Waals surface area (Å²) in [5, 5.41) is 0.718. The maximum atomic E-state index is 6.06. The van der Waals surface area contributed by atoms with Crippen molar-refractivity contribution in [2.75, 3.05) is 18.8 Å². The Labute approximate surface area is 128 Å². The van der Waals surface area contributed by atoms with Crippen molar-refractivity contribution in [3.05, 3.63) is 28.8 Å². The molecule has 1 saturated heterocycles. The van der Waals surface area contributed by atoms with Crippen molar-refractivity contribution in [3.8, 4) is 0 Å². The maximum absolute atomic E-state index is 6.06. The second kappa shape index (κ2) is 6.36. The minimum absolute atomic E-state index is 0.426. The van der Waals surface area contributed by atoms with Gasteiger partial charge in [-0.2, -0.15) is 0 Å². The van der Waals surface area contributed by atoms with Crippen LogP contribution in [0.1, 0.15) is 45.6 Å². The van der Waals surface area contributed by atoms with Crippen LogP contribution in [0.15, 0.2) is 18.2 Å². The SMILES string of the molecule is CC(C)(C)C1CCCN(Cc2ccc(Cl)cc2N)CC1. The van der Waals surface area contributed by atoms with E-state index >= 15 is 0 Å². The van der Waals surface area contributed by atoms with Crippen molar-refractivity contribution in [1.29, 1.82) is 0 Å². The summed E-state index contributed by atoms with van der Waals surface area (Å²) in [4.78, 5) is 2.53. The first-order valence-corrected chi connectivity index (χ1v) is 8.00. The number of hydrogen-bond acceptors (Lipinski definition) is 2. The number of halogens is 1. The molecule has 1 heterocycles. The van der Waals surface area contributed by atoms with E-state index in [1.807, 2.05) is 12.1 Å². The Morgan fingerprint density at radius 2 is 2.00 bits per heavy atom. The first-order valence-electron chi connectivity index (χ1n) is 7.62. The van der Waals surface area contributed by atoms with Gasteiger partial charge in [0.15, 0.2) is 0 Å². The molecule has 3 heteroatoms. The van der Waals surface area contributed by atoms with E-state index in [-0.39, 0.29) is 0 Å². The van der Waals surface area contributed by atoms with Crippen molar-refractivity contribution in [1.82, 2.24) is 4.90 Å². The fourth-order valence-corrected chi connectivity index (χ4v) is 3.31. The van der Waals surface area contributed by atoms with Crippen molar-refractivity contribution >= 4 is 17.3 Å². The molecular weight excluding hydrogens is 268 g/mol. The topological polar surface area (TPSA) is 29.3 Å². The average Bonchev–Trinajstić information content (AvgIpc) is 2.58. The van der Waals surface area contributed by atoms with E-state index in [4.69, 9.17) is 17.3 Å². The minimum atomic E-state index is 0.426. The van der Waals surface area contributed by atoms with Crippen LogP contribution in [0.25, 0.3) is 0 Å². The maximum Gasteiger partial charge on any atom is 0.0426 e. The van der Waals surface area contributed by atoms with Crippen LogP contribution in [0.3, 0.4) is 0 Å². The van der Waals surface area contributed by atoms with Crippen LogP contribution in [0, 0.1) is 11.3 Å². The van der Waals surface area contributed by atoms with Gasteiger partial charge >= 0.3 is 0 Å². The van der Waals surface area contributed by atoms with Gasteiger partial charge in [0, 0.05) is 17.3 Å². The molecular formula is C17H27ClN2. The van der Waals surface area contributed by atoms with Gasteiger partial charge in [0.1, 0.15) is 0 Å². The summed E-state index contributed by atoms with van der Waals surface area (Å²) in [6, 6.07) is 5.85. The first kappa shape index (κ1) is 15.7. The molecule has 0 aromatic heterocycles. The largest absolute Gasteiger partial charge is 0.398 e. The van der Waals surface area contributed by atoms with E-state index in [0.717, 1.165) is 23.2 Å². The predicted octanol–water partition coefficient (Wildman–Crippen LogP) is 4.57. The molecule has 0 amide bonds. The fourth-order valence-electron chi connectivity index (χ4n) is 3.13. The quantitative estimate of drug-likeness (QED) is 0.810. The highest BCUT2D eigenvalue weighted by molar-refractivity contribution is 6.30. The molecule has 0 radical (unpaired) electrons. The van der Waals surface area contributed by atoms with Crippen LogP contribution < -0.4 is 5.73 Å². The number of likely N-dealkylation sites (tertiary alicyclic amines) is 1. The number of hydrogen-bond donors (Lipinski definition) is 1. The highest BCUT2D eigenvalue weighted by Crippen LogP contribution is 2.34. The molecule has 1 atom stereocenters. The first-order chi connectivity index (χ1) is 9.36. The molecule has 112 valence electrons. The normalized spacial score (nSPS) is 21.7. The summed E-state index contributed by atoms with van der Waals surface area (Å²) >= 11 is 5.96. The van der Waals surface area contributed by atoms with Gasteiger partial charge < -0.3 is 5.73 Å². The standard InChI is InChI=1S/C17H27ClN2/c1-17(2,3)14-5-4-9-20(10-8-14)12-13-6-7-15(18)11-16(13)19/h6-7,11,14H,4-5,8-10,12,19H2,1-3H3. The Balaban J connectivity index is 1.97. The fraction of sp³-hybridized carbons (Fsp3) is 0.647. The molecule has 0 bridgehead atoms. The zero-order valence-corrected chi connectivity index (χ0v) is 13.7. The number of nitrogens with two attached hydrogens (primary N) is 1. The van der Waals surface area contributed by atoms with E-state index in [1.54, 1.807) is 0 Å². The van der Waals surface area contributed by atoms with Gasteiger partial charge in [-0.1, -0.05) is 38.4 Å². The van der Waals surface area contributed by atoms with Crippen molar-refractivity contribution < 1.29 is 0 Å². The lowest BCUT2D eigenvalue weighted by molar-refractivity contribution is 0.206. The third-order valence-electron chi connectivity index (χ3n) is 4.55. The Morgan fingerprint density at radius 3 is 2.65 bits per heavy atom. The zero-order valence-electron chi connectivity index (χ0n) is 13.0. The highest BCUT2D eigenvalue weighted by atomic mass is 35.5. The van der Waals surface area contributed by atoms with Crippen LogP contribution in [0.2, 0.25) is 5.02 Å². The Morgan fingerprint density at radius 1 is 1.25 bits per heavy atom. The molecule has 2 nitrogen and oxygen atoms in total. The molecule has 2 N–H and O–H groups in total. The highest BCUT2D eigenvalue weighted by Gasteiger charge is 2.27. The van der Waals surface area contributed by atoms with E-state index in [1.165, 1.54) is 37.9 Å². The van der Waals surface area contributed by atoms with Crippen LogP contribution >= 0.6 is 11.6 Å². The molecule has 1 aromatic rings. The lowest BCUT2D eigenvalue weighted by Gasteiger charge is -2.29. The van der Waals surface area contributed by atoms with Crippen LogP contribution in [0.4, 0.5) is 5.69 Å². The number of nitrogens with zero attached hydrogens (tertiary/aromatic N) is 1. The molecule has 0 saturated carbocycles. The summed E-state index contributed by atoms with van der Waals surface area (Å²) in [7, 11) is 0. The molecule has 0 aliphatic carbocycles. The number of benzene rings is 1. The minimum Gasteiger partial charge on any atom is -0.398 e. The summed E-state index contributed by atoms with van der Waals surface area (Å²) in [5.74, 6) is 0.829. The molecule has 1 aliphatic rings. The van der Waals surface area contributed by atoms with Crippen molar-refractivity contribution in [3.63, 3.8) is 0 Å².